The molecule has 7 N–H and O–H groups in total. The van der Waals surface area contributed by atoms with Gasteiger partial charge in [-0.15, -0.1) is 0 Å². The van der Waals surface area contributed by atoms with Crippen LogP contribution in [0, 0.1) is 11.8 Å². The standard InChI is InChI=1S/C28H48N6O9/c1-15(2)11-17(32-25(39)20-9-8-10-34(20)27(42)43-28(5,6)7)23(37)30-14-22(36)31-18(12-16(3)4)24(38)33-19(26(40)41)13-21(29)35/h15-20H,8-14H2,1-7H3,(H2,29,35)(H,30,37)(H,31,36)(H,32,39)(H,33,38)(H,40,41). The fraction of sp³-hybridized carbons (Fsp3) is 0.750. The zero-order valence-electron chi connectivity index (χ0n) is 26.2. The SMILES string of the molecule is CC(C)CC(NC(=O)CNC(=O)C(CC(C)C)NC(=O)C1CCCN1C(=O)OC(C)(C)C)C(=O)NC(CC(N)=O)C(=O)O. The van der Waals surface area contributed by atoms with Gasteiger partial charge in [0.15, 0.2) is 0 Å². The Hall–Kier alpha value is -3.91. The highest BCUT2D eigenvalue weighted by molar-refractivity contribution is 5.95. The number of hydrogen-bond acceptors (Lipinski definition) is 8. The van der Waals surface area contributed by atoms with E-state index in [4.69, 9.17) is 10.5 Å². The summed E-state index contributed by atoms with van der Waals surface area (Å²) in [5.41, 5.74) is 4.32. The second-order valence-corrected chi connectivity index (χ2v) is 12.6. The molecule has 244 valence electrons. The highest BCUT2D eigenvalue weighted by Gasteiger charge is 2.38. The van der Waals surface area contributed by atoms with E-state index in [-0.39, 0.29) is 24.7 Å². The molecule has 1 aliphatic heterocycles. The summed E-state index contributed by atoms with van der Waals surface area (Å²) >= 11 is 0. The smallest absolute Gasteiger partial charge is 0.410 e. The second kappa shape index (κ2) is 16.7. The molecule has 1 rings (SSSR count). The van der Waals surface area contributed by atoms with Crippen LogP contribution in [0.3, 0.4) is 0 Å². The number of primary amides is 1. The first-order valence-electron chi connectivity index (χ1n) is 14.5. The summed E-state index contributed by atoms with van der Waals surface area (Å²) < 4.78 is 5.41. The fourth-order valence-electron chi connectivity index (χ4n) is 4.46. The molecule has 15 nitrogen and oxygen atoms in total. The van der Waals surface area contributed by atoms with E-state index < -0.39 is 84.3 Å². The summed E-state index contributed by atoms with van der Waals surface area (Å²) in [4.78, 5) is 88.2. The van der Waals surface area contributed by atoms with Crippen molar-refractivity contribution >= 4 is 41.6 Å². The molecule has 4 atom stereocenters. The third-order valence-corrected chi connectivity index (χ3v) is 6.33. The number of carbonyl (C=O) groups is 7. The molecular weight excluding hydrogens is 564 g/mol. The predicted molar refractivity (Wildman–Crippen MR) is 155 cm³/mol. The number of rotatable bonds is 15. The van der Waals surface area contributed by atoms with Gasteiger partial charge in [0.25, 0.3) is 0 Å². The molecule has 1 heterocycles. The third kappa shape index (κ3) is 13.7. The zero-order valence-corrected chi connectivity index (χ0v) is 26.2. The maximum absolute atomic E-state index is 13.2. The number of carbonyl (C=O) groups excluding carboxylic acids is 6. The molecule has 15 heteroatoms. The van der Waals surface area contributed by atoms with Crippen molar-refractivity contribution in [3.05, 3.63) is 0 Å². The van der Waals surface area contributed by atoms with Crippen LogP contribution >= 0.6 is 0 Å². The molecule has 0 saturated carbocycles. The van der Waals surface area contributed by atoms with Crippen molar-refractivity contribution < 1.29 is 43.4 Å². The van der Waals surface area contributed by atoms with Gasteiger partial charge in [0.05, 0.1) is 13.0 Å². The molecule has 0 radical (unpaired) electrons. The molecule has 0 spiro atoms. The molecule has 0 bridgehead atoms. The van der Waals surface area contributed by atoms with Gasteiger partial charge in [0.1, 0.15) is 29.8 Å². The molecule has 6 amide bonds. The number of amides is 6. The lowest BCUT2D eigenvalue weighted by atomic mass is 10.0. The Balaban J connectivity index is 2.87. The number of nitrogens with one attached hydrogen (secondary N) is 4. The van der Waals surface area contributed by atoms with Crippen LogP contribution in [0.25, 0.3) is 0 Å². The number of nitrogens with zero attached hydrogens (tertiary/aromatic N) is 1. The molecule has 0 aromatic heterocycles. The van der Waals surface area contributed by atoms with Gasteiger partial charge in [-0.3, -0.25) is 28.9 Å². The van der Waals surface area contributed by atoms with E-state index >= 15 is 0 Å². The Bertz CT molecular complexity index is 1040. The van der Waals surface area contributed by atoms with Gasteiger partial charge in [-0.25, -0.2) is 9.59 Å². The Morgan fingerprint density at radius 2 is 1.44 bits per heavy atom. The third-order valence-electron chi connectivity index (χ3n) is 6.33. The number of ether oxygens (including phenoxy) is 1. The summed E-state index contributed by atoms with van der Waals surface area (Å²) in [5.74, 6) is -5.14. The first kappa shape index (κ1) is 37.1. The summed E-state index contributed by atoms with van der Waals surface area (Å²) in [6, 6.07) is -4.52. The molecule has 0 aromatic carbocycles. The number of carboxylic acid groups (broad SMARTS) is 1. The minimum Gasteiger partial charge on any atom is -0.480 e. The minimum atomic E-state index is -1.57. The van der Waals surface area contributed by atoms with Crippen LogP contribution in [-0.4, -0.2) is 94.5 Å². The average Bonchev–Trinajstić information content (AvgIpc) is 3.34. The van der Waals surface area contributed by atoms with E-state index in [2.05, 4.69) is 21.3 Å². The molecule has 1 saturated heterocycles. The lowest BCUT2D eigenvalue weighted by Crippen LogP contribution is -2.56. The van der Waals surface area contributed by atoms with Crippen LogP contribution in [0.4, 0.5) is 4.79 Å². The van der Waals surface area contributed by atoms with E-state index in [0.29, 0.717) is 19.4 Å². The largest absolute Gasteiger partial charge is 0.480 e. The lowest BCUT2D eigenvalue weighted by molar-refractivity contribution is -0.143. The van der Waals surface area contributed by atoms with Crippen molar-refractivity contribution in [3.8, 4) is 0 Å². The summed E-state index contributed by atoms with van der Waals surface area (Å²) in [5, 5.41) is 19.2. The zero-order chi connectivity index (χ0) is 33.1. The summed E-state index contributed by atoms with van der Waals surface area (Å²) in [7, 11) is 0. The predicted octanol–water partition coefficient (Wildman–Crippen LogP) is 0.00870. The maximum atomic E-state index is 13.2. The minimum absolute atomic E-state index is 0.00267. The number of likely N-dealkylation sites (tertiary alicyclic amines) is 1. The van der Waals surface area contributed by atoms with Crippen LogP contribution in [0.1, 0.15) is 80.6 Å². The molecule has 4 unspecified atom stereocenters. The first-order valence-corrected chi connectivity index (χ1v) is 14.5. The molecule has 0 aliphatic carbocycles. The maximum Gasteiger partial charge on any atom is 0.410 e. The second-order valence-electron chi connectivity index (χ2n) is 12.6. The summed E-state index contributed by atoms with van der Waals surface area (Å²) in [6.45, 7) is 12.3. The van der Waals surface area contributed by atoms with Gasteiger partial charge in [-0.2, -0.15) is 0 Å². The van der Waals surface area contributed by atoms with Crippen LogP contribution in [0.5, 0.6) is 0 Å². The van der Waals surface area contributed by atoms with Gasteiger partial charge in [0, 0.05) is 6.54 Å². The van der Waals surface area contributed by atoms with Gasteiger partial charge in [-0.05, 0) is 58.3 Å². The van der Waals surface area contributed by atoms with Crippen LogP contribution in [0.15, 0.2) is 0 Å². The van der Waals surface area contributed by atoms with Crippen molar-refractivity contribution in [2.45, 2.75) is 110 Å². The van der Waals surface area contributed by atoms with Crippen molar-refractivity contribution in [2.24, 2.45) is 17.6 Å². The highest BCUT2D eigenvalue weighted by atomic mass is 16.6. The van der Waals surface area contributed by atoms with E-state index in [9.17, 15) is 38.7 Å². The van der Waals surface area contributed by atoms with Crippen LogP contribution in [-0.2, 0) is 33.5 Å². The highest BCUT2D eigenvalue weighted by Crippen LogP contribution is 2.21. The molecular formula is C28H48N6O9. The normalized spacial score (nSPS) is 17.0. The quantitative estimate of drug-likeness (QED) is 0.146. The molecule has 1 fully saturated rings. The van der Waals surface area contributed by atoms with Crippen LogP contribution < -0.4 is 27.0 Å². The Morgan fingerprint density at radius 3 is 1.93 bits per heavy atom. The number of nitrogens with two attached hydrogens (primary N) is 1. The number of carboxylic acids is 1. The van der Waals surface area contributed by atoms with E-state index in [1.165, 1.54) is 4.90 Å². The number of aliphatic carboxylic acids is 1. The average molecular weight is 613 g/mol. The van der Waals surface area contributed by atoms with Gasteiger partial charge >= 0.3 is 12.1 Å². The Kier molecular flexibility index (Phi) is 14.4. The summed E-state index contributed by atoms with van der Waals surface area (Å²) in [6.07, 6.45) is 0.169. The first-order chi connectivity index (χ1) is 19.8. The van der Waals surface area contributed by atoms with Crippen molar-refractivity contribution in [3.63, 3.8) is 0 Å². The Morgan fingerprint density at radius 1 is 0.884 bits per heavy atom. The van der Waals surface area contributed by atoms with Gasteiger partial charge < -0.3 is 36.8 Å². The lowest BCUT2D eigenvalue weighted by Gasteiger charge is -2.29. The topological polar surface area (TPSA) is 226 Å². The van der Waals surface area contributed by atoms with E-state index in [1.54, 1.807) is 34.6 Å². The molecule has 0 aromatic rings. The monoisotopic (exact) mass is 612 g/mol. The van der Waals surface area contributed by atoms with Crippen molar-refractivity contribution in [1.82, 2.24) is 26.2 Å². The molecule has 43 heavy (non-hydrogen) atoms. The van der Waals surface area contributed by atoms with E-state index in [1.807, 2.05) is 13.8 Å². The number of hydrogen-bond donors (Lipinski definition) is 6. The van der Waals surface area contributed by atoms with Crippen LogP contribution in [0.2, 0.25) is 0 Å². The fourth-order valence-corrected chi connectivity index (χ4v) is 4.46. The van der Waals surface area contributed by atoms with E-state index in [0.717, 1.165) is 0 Å². The Labute approximate surface area is 252 Å². The molecule has 1 aliphatic rings. The van der Waals surface area contributed by atoms with Crippen molar-refractivity contribution in [2.75, 3.05) is 13.1 Å². The van der Waals surface area contributed by atoms with Gasteiger partial charge in [-0.1, -0.05) is 27.7 Å². The van der Waals surface area contributed by atoms with Crippen molar-refractivity contribution in [1.29, 1.82) is 0 Å². The van der Waals surface area contributed by atoms with Gasteiger partial charge in [0.2, 0.25) is 29.5 Å².